The number of alkyl halides is 1. The minimum Gasteiger partial charge on any atom is -0.490 e. The number of halogens is 2. The van der Waals surface area contributed by atoms with Crippen LogP contribution in [0.5, 0.6) is 11.5 Å². The first kappa shape index (κ1) is 11.3. The lowest BCUT2D eigenvalue weighted by molar-refractivity contribution is 0.296. The van der Waals surface area contributed by atoms with Crippen LogP contribution in [0.2, 0.25) is 0 Å². The molecule has 0 radical (unpaired) electrons. The first-order chi connectivity index (χ1) is 7.31. The lowest BCUT2D eigenvalue weighted by Crippen LogP contribution is -1.97. The van der Waals surface area contributed by atoms with E-state index in [1.165, 1.54) is 5.56 Å². The Labute approximate surface area is 106 Å². The number of aryl methyl sites for hydroxylation is 1. The molecule has 0 saturated carbocycles. The summed E-state index contributed by atoms with van der Waals surface area (Å²) in [6, 6.07) is 4.15. The smallest absolute Gasteiger partial charge is 0.175 e. The molecule has 0 bridgehead atoms. The van der Waals surface area contributed by atoms with Crippen molar-refractivity contribution in [2.75, 3.05) is 18.5 Å². The number of ether oxygens (including phenoxy) is 2. The van der Waals surface area contributed by atoms with Gasteiger partial charge in [-0.1, -0.05) is 15.9 Å². The molecule has 4 heteroatoms. The standard InChI is InChI=1S/C11H12Br2O2/c12-3-2-8-6-9(13)11-10(7-8)14-4-1-5-15-11/h6-7H,1-5H2. The van der Waals surface area contributed by atoms with Crippen molar-refractivity contribution in [1.82, 2.24) is 0 Å². The topological polar surface area (TPSA) is 18.5 Å². The van der Waals surface area contributed by atoms with Gasteiger partial charge in [-0.15, -0.1) is 0 Å². The van der Waals surface area contributed by atoms with Crippen LogP contribution in [0.15, 0.2) is 16.6 Å². The predicted molar refractivity (Wildman–Crippen MR) is 67.2 cm³/mol. The molecule has 0 saturated heterocycles. The zero-order valence-corrected chi connectivity index (χ0v) is 11.4. The Morgan fingerprint density at radius 2 is 2.00 bits per heavy atom. The summed E-state index contributed by atoms with van der Waals surface area (Å²) in [6.07, 6.45) is 1.93. The molecular weight excluding hydrogens is 324 g/mol. The zero-order valence-electron chi connectivity index (χ0n) is 8.26. The van der Waals surface area contributed by atoms with Crippen LogP contribution < -0.4 is 9.47 Å². The van der Waals surface area contributed by atoms with Crippen LogP contribution in [-0.2, 0) is 6.42 Å². The van der Waals surface area contributed by atoms with Gasteiger partial charge in [-0.2, -0.15) is 0 Å². The Kier molecular flexibility index (Phi) is 3.92. The number of fused-ring (bicyclic) bond motifs is 1. The van der Waals surface area contributed by atoms with Crippen LogP contribution in [0.25, 0.3) is 0 Å². The second-order valence-corrected chi connectivity index (χ2v) is 5.04. The second kappa shape index (κ2) is 5.21. The van der Waals surface area contributed by atoms with Gasteiger partial charge >= 0.3 is 0 Å². The number of hydrogen-bond donors (Lipinski definition) is 0. The lowest BCUT2D eigenvalue weighted by atomic mass is 10.1. The fourth-order valence-electron chi connectivity index (χ4n) is 1.54. The maximum atomic E-state index is 5.65. The van der Waals surface area contributed by atoms with Crippen molar-refractivity contribution in [3.63, 3.8) is 0 Å². The number of benzene rings is 1. The van der Waals surface area contributed by atoms with Gasteiger partial charge < -0.3 is 9.47 Å². The van der Waals surface area contributed by atoms with E-state index < -0.39 is 0 Å². The third-order valence-electron chi connectivity index (χ3n) is 2.25. The molecule has 1 aromatic rings. The normalized spacial score (nSPS) is 14.8. The van der Waals surface area contributed by atoms with E-state index in [0.29, 0.717) is 0 Å². The van der Waals surface area contributed by atoms with Crippen molar-refractivity contribution in [2.45, 2.75) is 12.8 Å². The largest absolute Gasteiger partial charge is 0.490 e. The Balaban J connectivity index is 2.35. The Hall–Kier alpha value is -0.220. The van der Waals surface area contributed by atoms with Crippen molar-refractivity contribution >= 4 is 31.9 Å². The highest BCUT2D eigenvalue weighted by atomic mass is 79.9. The van der Waals surface area contributed by atoms with Gasteiger partial charge in [0.05, 0.1) is 17.7 Å². The SMILES string of the molecule is BrCCc1cc(Br)c2c(c1)OCCCO2. The summed E-state index contributed by atoms with van der Waals surface area (Å²) in [4.78, 5) is 0. The average Bonchev–Trinajstić information content (AvgIpc) is 2.43. The average molecular weight is 336 g/mol. The first-order valence-electron chi connectivity index (χ1n) is 4.95. The molecule has 0 unspecified atom stereocenters. The molecule has 1 aromatic carbocycles. The monoisotopic (exact) mass is 334 g/mol. The number of rotatable bonds is 2. The molecule has 0 aliphatic carbocycles. The van der Waals surface area contributed by atoms with Gasteiger partial charge in [-0.25, -0.2) is 0 Å². The number of hydrogen-bond acceptors (Lipinski definition) is 2. The summed E-state index contributed by atoms with van der Waals surface area (Å²) in [7, 11) is 0. The van der Waals surface area contributed by atoms with Crippen molar-refractivity contribution in [3.05, 3.63) is 22.2 Å². The van der Waals surface area contributed by atoms with E-state index >= 15 is 0 Å². The molecular formula is C11H12Br2O2. The van der Waals surface area contributed by atoms with Gasteiger partial charge in [0, 0.05) is 11.8 Å². The molecule has 2 rings (SSSR count). The molecule has 0 aromatic heterocycles. The molecule has 0 N–H and O–H groups in total. The van der Waals surface area contributed by atoms with E-state index in [9.17, 15) is 0 Å². The minimum atomic E-state index is 0.726. The third-order valence-corrected chi connectivity index (χ3v) is 3.23. The third kappa shape index (κ3) is 2.67. The van der Waals surface area contributed by atoms with Crippen molar-refractivity contribution < 1.29 is 9.47 Å². The molecule has 0 fully saturated rings. The highest BCUT2D eigenvalue weighted by Gasteiger charge is 2.14. The minimum absolute atomic E-state index is 0.726. The summed E-state index contributed by atoms with van der Waals surface area (Å²) >= 11 is 6.95. The lowest BCUT2D eigenvalue weighted by Gasteiger charge is -2.11. The molecule has 82 valence electrons. The van der Waals surface area contributed by atoms with Crippen LogP contribution in [0.3, 0.4) is 0 Å². The molecule has 0 spiro atoms. The maximum absolute atomic E-state index is 5.65. The van der Waals surface area contributed by atoms with E-state index in [1.807, 2.05) is 0 Å². The molecule has 2 nitrogen and oxygen atoms in total. The zero-order chi connectivity index (χ0) is 10.7. The predicted octanol–water partition coefficient (Wildman–Crippen LogP) is 3.55. The quantitative estimate of drug-likeness (QED) is 0.769. The fourth-order valence-corrected chi connectivity index (χ4v) is 2.60. The molecule has 0 atom stereocenters. The van der Waals surface area contributed by atoms with Gasteiger partial charge in [0.2, 0.25) is 0 Å². The van der Waals surface area contributed by atoms with E-state index in [4.69, 9.17) is 9.47 Å². The van der Waals surface area contributed by atoms with Crippen molar-refractivity contribution in [2.24, 2.45) is 0 Å². The van der Waals surface area contributed by atoms with E-state index in [2.05, 4.69) is 44.0 Å². The first-order valence-corrected chi connectivity index (χ1v) is 6.86. The van der Waals surface area contributed by atoms with Crippen LogP contribution >= 0.6 is 31.9 Å². The van der Waals surface area contributed by atoms with Gasteiger partial charge in [0.1, 0.15) is 0 Å². The van der Waals surface area contributed by atoms with Gasteiger partial charge in [-0.05, 0) is 40.0 Å². The molecule has 1 aliphatic heterocycles. The molecule has 1 heterocycles. The van der Waals surface area contributed by atoms with E-state index in [1.54, 1.807) is 0 Å². The summed E-state index contributed by atoms with van der Waals surface area (Å²) < 4.78 is 12.3. The van der Waals surface area contributed by atoms with Crippen LogP contribution in [0.4, 0.5) is 0 Å². The van der Waals surface area contributed by atoms with E-state index in [-0.39, 0.29) is 0 Å². The second-order valence-electron chi connectivity index (χ2n) is 3.39. The molecule has 15 heavy (non-hydrogen) atoms. The Morgan fingerprint density at radius 1 is 1.20 bits per heavy atom. The van der Waals surface area contributed by atoms with Gasteiger partial charge in [0.25, 0.3) is 0 Å². The molecule has 0 amide bonds. The summed E-state index contributed by atoms with van der Waals surface area (Å²) in [5.74, 6) is 1.70. The highest BCUT2D eigenvalue weighted by molar-refractivity contribution is 9.10. The summed E-state index contributed by atoms with van der Waals surface area (Å²) in [5.41, 5.74) is 1.25. The van der Waals surface area contributed by atoms with Gasteiger partial charge in [0.15, 0.2) is 11.5 Å². The van der Waals surface area contributed by atoms with Crippen molar-refractivity contribution in [1.29, 1.82) is 0 Å². The van der Waals surface area contributed by atoms with Crippen LogP contribution in [0, 0.1) is 0 Å². The summed E-state index contributed by atoms with van der Waals surface area (Å²) in [6.45, 7) is 1.46. The van der Waals surface area contributed by atoms with E-state index in [0.717, 1.165) is 47.4 Å². The Bertz CT molecular complexity index is 353. The van der Waals surface area contributed by atoms with Crippen LogP contribution in [0.1, 0.15) is 12.0 Å². The molecule has 1 aliphatic rings. The van der Waals surface area contributed by atoms with Crippen molar-refractivity contribution in [3.8, 4) is 11.5 Å². The highest BCUT2D eigenvalue weighted by Crippen LogP contribution is 2.38. The van der Waals surface area contributed by atoms with Crippen LogP contribution in [-0.4, -0.2) is 18.5 Å². The summed E-state index contributed by atoms with van der Waals surface area (Å²) in [5, 5.41) is 0.957. The fraction of sp³-hybridized carbons (Fsp3) is 0.455. The maximum Gasteiger partial charge on any atom is 0.175 e. The Morgan fingerprint density at radius 3 is 2.80 bits per heavy atom. The van der Waals surface area contributed by atoms with Gasteiger partial charge in [-0.3, -0.25) is 0 Å².